The molecule has 7 heteroatoms. The van der Waals surface area contributed by atoms with Crippen molar-refractivity contribution in [3.8, 4) is 11.7 Å². The highest BCUT2D eigenvalue weighted by Gasteiger charge is 2.51. The third kappa shape index (κ3) is 2.32. The normalized spacial score (nSPS) is 19.9. The van der Waals surface area contributed by atoms with E-state index in [1.807, 2.05) is 52.0 Å². The van der Waals surface area contributed by atoms with E-state index in [1.54, 1.807) is 0 Å². The minimum atomic E-state index is -0.406. The summed E-state index contributed by atoms with van der Waals surface area (Å²) in [5, 5.41) is 18.5. The molecule has 1 radical (unpaired) electrons. The molecule has 0 atom stereocenters. The number of rotatable bonds is 2. The molecule has 1 fully saturated rings. The first kappa shape index (κ1) is 14.1. The summed E-state index contributed by atoms with van der Waals surface area (Å²) in [5.74, 6) is 0. The molecule has 0 saturated carbocycles. The molecule has 109 valence electrons. The Morgan fingerprint density at radius 3 is 2.10 bits per heavy atom. The van der Waals surface area contributed by atoms with Crippen LogP contribution in [0.5, 0.6) is 6.01 Å². The van der Waals surface area contributed by atoms with Gasteiger partial charge in [0.1, 0.15) is 6.33 Å². The van der Waals surface area contributed by atoms with E-state index < -0.39 is 13.1 Å². The lowest BCUT2D eigenvalue weighted by Crippen LogP contribution is -2.41. The zero-order valence-corrected chi connectivity index (χ0v) is 12.5. The Hall–Kier alpha value is -1.86. The second-order valence-electron chi connectivity index (χ2n) is 6.16. The van der Waals surface area contributed by atoms with Crippen molar-refractivity contribution in [3.05, 3.63) is 30.6 Å². The van der Waals surface area contributed by atoms with Gasteiger partial charge in [0.15, 0.2) is 0 Å². The maximum absolute atomic E-state index is 11.5. The molecule has 0 aliphatic carbocycles. The predicted octanol–water partition coefficient (Wildman–Crippen LogP) is 1.71. The molecule has 0 unspecified atom stereocenters. The fourth-order valence-corrected chi connectivity index (χ4v) is 2.17. The van der Waals surface area contributed by atoms with Crippen LogP contribution in [0.1, 0.15) is 27.7 Å². The van der Waals surface area contributed by atoms with Crippen molar-refractivity contribution < 1.29 is 14.4 Å². The average molecular weight is 286 g/mol. The van der Waals surface area contributed by atoms with Crippen molar-refractivity contribution in [1.29, 1.82) is 0 Å². The molecular weight excluding hydrogens is 269 g/mol. The fraction of sp³-hybridized carbons (Fsp3) is 0.429. The molecule has 0 bridgehead atoms. The Kier molecular flexibility index (Phi) is 3.07. The number of hydrogen-bond acceptors (Lipinski definition) is 4. The molecule has 0 spiro atoms. The predicted molar refractivity (Wildman–Crippen MR) is 77.2 cm³/mol. The van der Waals surface area contributed by atoms with Crippen molar-refractivity contribution in [1.82, 2.24) is 14.8 Å². The van der Waals surface area contributed by atoms with Crippen LogP contribution in [-0.4, -0.2) is 33.1 Å². The maximum atomic E-state index is 11.5. The molecule has 0 N–H and O–H groups in total. The standard InChI is InChI=1S/C14H17BN3O3/c1-13(2)14(3,4)21-15(20-13)10-5-7-11(8-6-10)18-9-16-17-12(18)19/h5-9H,1-4H3. The van der Waals surface area contributed by atoms with Gasteiger partial charge in [-0.2, -0.15) is 0 Å². The van der Waals surface area contributed by atoms with Crippen LogP contribution >= 0.6 is 0 Å². The SMILES string of the molecule is CC1(C)OB(c2ccc(-n3cnnc3[O])cc2)OC1(C)C. The lowest BCUT2D eigenvalue weighted by Gasteiger charge is -2.32. The van der Waals surface area contributed by atoms with Gasteiger partial charge in [-0.05, 0) is 45.3 Å². The topological polar surface area (TPSA) is 69.1 Å². The van der Waals surface area contributed by atoms with E-state index in [2.05, 4.69) is 10.2 Å². The monoisotopic (exact) mass is 286 g/mol. The molecule has 1 aliphatic heterocycles. The Balaban J connectivity index is 1.85. The second kappa shape index (κ2) is 4.57. The van der Waals surface area contributed by atoms with Gasteiger partial charge in [0, 0.05) is 0 Å². The van der Waals surface area contributed by atoms with Gasteiger partial charge in [-0.1, -0.05) is 17.2 Å². The van der Waals surface area contributed by atoms with Crippen LogP contribution in [0.2, 0.25) is 0 Å². The minimum absolute atomic E-state index is 0.368. The van der Waals surface area contributed by atoms with Gasteiger partial charge in [0.25, 0.3) is 0 Å². The zero-order valence-electron chi connectivity index (χ0n) is 12.5. The molecule has 2 aromatic rings. The molecule has 2 heterocycles. The molecule has 1 aliphatic rings. The van der Waals surface area contributed by atoms with Crippen LogP contribution in [0.25, 0.3) is 5.69 Å². The highest BCUT2D eigenvalue weighted by Crippen LogP contribution is 2.36. The maximum Gasteiger partial charge on any atom is 0.494 e. The third-order valence-corrected chi connectivity index (χ3v) is 4.21. The van der Waals surface area contributed by atoms with Crippen molar-refractivity contribution in [2.24, 2.45) is 0 Å². The Morgan fingerprint density at radius 2 is 1.62 bits per heavy atom. The van der Waals surface area contributed by atoms with Crippen LogP contribution in [0.15, 0.2) is 30.6 Å². The van der Waals surface area contributed by atoms with Gasteiger partial charge in [-0.25, -0.2) is 9.67 Å². The summed E-state index contributed by atoms with van der Waals surface area (Å²) in [6, 6.07) is 7.03. The van der Waals surface area contributed by atoms with E-state index in [4.69, 9.17) is 9.31 Å². The van der Waals surface area contributed by atoms with E-state index in [1.165, 1.54) is 10.9 Å². The van der Waals surface area contributed by atoms with E-state index in [9.17, 15) is 5.11 Å². The van der Waals surface area contributed by atoms with Gasteiger partial charge in [-0.15, -0.1) is 5.10 Å². The number of aromatic nitrogens is 3. The van der Waals surface area contributed by atoms with Crippen LogP contribution < -0.4 is 5.46 Å². The zero-order chi connectivity index (χ0) is 15.3. The van der Waals surface area contributed by atoms with Gasteiger partial charge in [0.2, 0.25) is 0 Å². The van der Waals surface area contributed by atoms with Crippen molar-refractivity contribution in [3.63, 3.8) is 0 Å². The summed E-state index contributed by atoms with van der Waals surface area (Å²) in [6.07, 6.45) is 1.39. The molecule has 6 nitrogen and oxygen atoms in total. The molecule has 21 heavy (non-hydrogen) atoms. The van der Waals surface area contributed by atoms with E-state index in [-0.39, 0.29) is 11.2 Å². The average Bonchev–Trinajstić information content (AvgIpc) is 2.92. The van der Waals surface area contributed by atoms with E-state index >= 15 is 0 Å². The minimum Gasteiger partial charge on any atom is -0.399 e. The van der Waals surface area contributed by atoms with Gasteiger partial charge < -0.3 is 9.31 Å². The largest absolute Gasteiger partial charge is 0.494 e. The Labute approximate surface area is 123 Å². The smallest absolute Gasteiger partial charge is 0.399 e. The summed E-state index contributed by atoms with van der Waals surface area (Å²) in [5.41, 5.74) is 0.891. The summed E-state index contributed by atoms with van der Waals surface area (Å²) >= 11 is 0. The first-order valence-corrected chi connectivity index (χ1v) is 6.83. The van der Waals surface area contributed by atoms with Crippen molar-refractivity contribution in [2.45, 2.75) is 38.9 Å². The highest BCUT2D eigenvalue weighted by molar-refractivity contribution is 6.62. The summed E-state index contributed by atoms with van der Waals surface area (Å²) in [7, 11) is -0.406. The highest BCUT2D eigenvalue weighted by atomic mass is 16.7. The molecule has 3 rings (SSSR count). The molecular formula is C14H17BN3O3. The number of hydrogen-bond donors (Lipinski definition) is 0. The van der Waals surface area contributed by atoms with Crippen LogP contribution in [-0.2, 0) is 14.4 Å². The molecule has 1 aromatic heterocycles. The van der Waals surface area contributed by atoms with Gasteiger partial charge >= 0.3 is 13.1 Å². The Bertz CT molecular complexity index is 636. The lowest BCUT2D eigenvalue weighted by molar-refractivity contribution is 0.00578. The van der Waals surface area contributed by atoms with E-state index in [0.29, 0.717) is 5.69 Å². The lowest BCUT2D eigenvalue weighted by atomic mass is 9.79. The Morgan fingerprint density at radius 1 is 1.05 bits per heavy atom. The summed E-state index contributed by atoms with van der Waals surface area (Å²) in [4.78, 5) is 0. The first-order valence-electron chi connectivity index (χ1n) is 6.83. The molecule has 1 saturated heterocycles. The fourth-order valence-electron chi connectivity index (χ4n) is 2.17. The summed E-state index contributed by atoms with van der Waals surface area (Å²) < 4.78 is 13.4. The summed E-state index contributed by atoms with van der Waals surface area (Å²) in [6.45, 7) is 8.06. The van der Waals surface area contributed by atoms with Crippen molar-refractivity contribution >= 4 is 12.6 Å². The van der Waals surface area contributed by atoms with Gasteiger partial charge in [-0.3, -0.25) is 0 Å². The first-order chi connectivity index (χ1) is 9.80. The van der Waals surface area contributed by atoms with E-state index in [0.717, 1.165) is 5.46 Å². The van der Waals surface area contributed by atoms with Gasteiger partial charge in [0.05, 0.1) is 16.9 Å². The van der Waals surface area contributed by atoms with Crippen LogP contribution in [0.4, 0.5) is 0 Å². The quantitative estimate of drug-likeness (QED) is 0.788. The number of benzene rings is 1. The number of nitrogens with zero attached hydrogens (tertiary/aromatic N) is 3. The molecule has 0 amide bonds. The molecule has 1 aromatic carbocycles. The van der Waals surface area contributed by atoms with Crippen molar-refractivity contribution in [2.75, 3.05) is 0 Å². The van der Waals surface area contributed by atoms with Crippen LogP contribution in [0.3, 0.4) is 0 Å². The second-order valence-corrected chi connectivity index (χ2v) is 6.16. The third-order valence-electron chi connectivity index (χ3n) is 4.21. The van der Waals surface area contributed by atoms with Crippen LogP contribution in [0, 0.1) is 0 Å².